The lowest BCUT2D eigenvalue weighted by molar-refractivity contribution is -0.121. The first-order chi connectivity index (χ1) is 9.15. The van der Waals surface area contributed by atoms with Gasteiger partial charge in [-0.25, -0.2) is 8.78 Å². The molecule has 0 radical (unpaired) electrons. The van der Waals surface area contributed by atoms with Gasteiger partial charge in [0.15, 0.2) is 0 Å². The zero-order chi connectivity index (χ0) is 14.1. The number of nitrogens with one attached hydrogen (secondary N) is 1. The predicted molar refractivity (Wildman–Crippen MR) is 64.6 cm³/mol. The van der Waals surface area contributed by atoms with Crippen molar-refractivity contribution in [2.75, 3.05) is 19.8 Å². The molecule has 1 N–H and O–H groups in total. The van der Waals surface area contributed by atoms with Crippen LogP contribution in [0.25, 0.3) is 0 Å². The highest BCUT2D eigenvalue weighted by atomic mass is 19.3. The molecule has 1 rings (SSSR count). The number of carbonyl (C=O) groups excluding carboxylic acids is 1. The molecule has 0 heterocycles. The molecule has 6 heteroatoms. The molecule has 0 fully saturated rings. The maximum absolute atomic E-state index is 11.8. The van der Waals surface area contributed by atoms with Crippen molar-refractivity contribution in [2.24, 2.45) is 0 Å². The highest BCUT2D eigenvalue weighted by Gasteiger charge is 2.19. The maximum Gasteiger partial charge on any atom is 0.261 e. The number of rotatable bonds is 7. The number of alkyl halides is 2. The van der Waals surface area contributed by atoms with Crippen molar-refractivity contribution < 1.29 is 18.3 Å². The third kappa shape index (κ3) is 5.44. The molecule has 0 bridgehead atoms. The Morgan fingerprint density at radius 2 is 2.05 bits per heavy atom. The van der Waals surface area contributed by atoms with E-state index in [0.29, 0.717) is 5.56 Å². The summed E-state index contributed by atoms with van der Waals surface area (Å²) >= 11 is 0. The number of ether oxygens (including phenoxy) is 1. The third-order valence-electron chi connectivity index (χ3n) is 2.31. The molecular formula is C13H14F2N2O2. The van der Waals surface area contributed by atoms with Crippen molar-refractivity contribution in [3.8, 4) is 6.07 Å². The topological polar surface area (TPSA) is 62.1 Å². The molecule has 19 heavy (non-hydrogen) atoms. The van der Waals surface area contributed by atoms with E-state index >= 15 is 0 Å². The monoisotopic (exact) mass is 268 g/mol. The number of nitrogens with zero attached hydrogens (tertiary/aromatic N) is 1. The van der Waals surface area contributed by atoms with Crippen LogP contribution >= 0.6 is 0 Å². The average molecular weight is 268 g/mol. The molecule has 1 aromatic rings. The first kappa shape index (κ1) is 15.1. The van der Waals surface area contributed by atoms with E-state index in [-0.39, 0.29) is 13.2 Å². The van der Waals surface area contributed by atoms with E-state index in [1.165, 1.54) is 0 Å². The van der Waals surface area contributed by atoms with Crippen molar-refractivity contribution in [3.05, 3.63) is 35.9 Å². The summed E-state index contributed by atoms with van der Waals surface area (Å²) in [5.41, 5.74) is 0.594. The van der Waals surface area contributed by atoms with Gasteiger partial charge in [-0.1, -0.05) is 30.3 Å². The van der Waals surface area contributed by atoms with Gasteiger partial charge in [-0.15, -0.1) is 0 Å². The van der Waals surface area contributed by atoms with Gasteiger partial charge in [0.2, 0.25) is 5.91 Å². The number of nitriles is 1. The zero-order valence-corrected chi connectivity index (χ0v) is 10.2. The maximum atomic E-state index is 11.8. The molecule has 0 spiro atoms. The molecular weight excluding hydrogens is 254 g/mol. The van der Waals surface area contributed by atoms with Crippen LogP contribution in [0.3, 0.4) is 0 Å². The smallest absolute Gasteiger partial charge is 0.261 e. The number of hydrogen-bond acceptors (Lipinski definition) is 3. The molecule has 0 saturated carbocycles. The molecule has 1 unspecified atom stereocenters. The van der Waals surface area contributed by atoms with Crippen LogP contribution in [-0.2, 0) is 9.53 Å². The lowest BCUT2D eigenvalue weighted by Crippen LogP contribution is -2.31. The summed E-state index contributed by atoms with van der Waals surface area (Å²) in [6.45, 7) is -0.574. The first-order valence-electron chi connectivity index (χ1n) is 5.73. The minimum absolute atomic E-state index is 0.0109. The van der Waals surface area contributed by atoms with Crippen molar-refractivity contribution in [1.29, 1.82) is 5.26 Å². The molecule has 0 saturated heterocycles. The van der Waals surface area contributed by atoms with Crippen molar-refractivity contribution in [3.63, 3.8) is 0 Å². The van der Waals surface area contributed by atoms with Crippen molar-refractivity contribution in [2.45, 2.75) is 12.3 Å². The molecule has 1 aromatic carbocycles. The Morgan fingerprint density at radius 1 is 1.37 bits per heavy atom. The van der Waals surface area contributed by atoms with Crippen LogP contribution in [0.1, 0.15) is 11.5 Å². The van der Waals surface area contributed by atoms with Crippen LogP contribution in [0.5, 0.6) is 0 Å². The highest BCUT2D eigenvalue weighted by Crippen LogP contribution is 2.14. The fourth-order valence-electron chi connectivity index (χ4n) is 1.45. The van der Waals surface area contributed by atoms with E-state index in [1.54, 1.807) is 30.3 Å². The van der Waals surface area contributed by atoms with E-state index < -0.39 is 24.9 Å². The zero-order valence-electron chi connectivity index (χ0n) is 10.2. The Morgan fingerprint density at radius 3 is 2.63 bits per heavy atom. The minimum Gasteiger partial charge on any atom is -0.374 e. The van der Waals surface area contributed by atoms with Crippen LogP contribution in [0, 0.1) is 11.3 Å². The molecule has 1 atom stereocenters. The molecule has 1 amide bonds. The molecule has 0 aliphatic carbocycles. The second kappa shape index (κ2) is 8.16. The van der Waals surface area contributed by atoms with E-state index in [4.69, 9.17) is 5.26 Å². The lowest BCUT2D eigenvalue weighted by Gasteiger charge is -2.10. The summed E-state index contributed by atoms with van der Waals surface area (Å²) < 4.78 is 28.2. The minimum atomic E-state index is -2.52. The summed E-state index contributed by atoms with van der Waals surface area (Å²) in [5.74, 6) is -1.37. The summed E-state index contributed by atoms with van der Waals surface area (Å²) in [6.07, 6.45) is -2.52. The van der Waals surface area contributed by atoms with Gasteiger partial charge in [0.05, 0.1) is 12.7 Å². The Labute approximate surface area is 110 Å². The molecule has 102 valence electrons. The van der Waals surface area contributed by atoms with Crippen LogP contribution in [0.4, 0.5) is 8.78 Å². The van der Waals surface area contributed by atoms with Gasteiger partial charge in [-0.05, 0) is 5.56 Å². The second-order valence-electron chi connectivity index (χ2n) is 3.73. The molecule has 4 nitrogen and oxygen atoms in total. The van der Waals surface area contributed by atoms with Crippen LogP contribution in [-0.4, -0.2) is 32.1 Å². The molecule has 0 aliphatic heterocycles. The summed E-state index contributed by atoms with van der Waals surface area (Å²) in [6, 6.07) is 10.5. The summed E-state index contributed by atoms with van der Waals surface area (Å²) in [5, 5.41) is 11.5. The van der Waals surface area contributed by atoms with Crippen LogP contribution < -0.4 is 5.32 Å². The van der Waals surface area contributed by atoms with E-state index in [1.807, 2.05) is 6.07 Å². The summed E-state index contributed by atoms with van der Waals surface area (Å²) in [4.78, 5) is 11.7. The quantitative estimate of drug-likeness (QED) is 0.765. The number of benzene rings is 1. The lowest BCUT2D eigenvalue weighted by atomic mass is 10.00. The SMILES string of the molecule is N#CC(C(=O)NCCOCC(F)F)c1ccccc1. The number of hydrogen-bond donors (Lipinski definition) is 1. The summed E-state index contributed by atoms with van der Waals surface area (Å²) in [7, 11) is 0. The Hall–Kier alpha value is -2.00. The standard InChI is InChI=1S/C13H14F2N2O2/c14-12(15)9-19-7-6-17-13(18)11(8-16)10-4-2-1-3-5-10/h1-5,11-12H,6-7,9H2,(H,17,18). The van der Waals surface area contributed by atoms with Gasteiger partial charge in [0.1, 0.15) is 12.5 Å². The number of carbonyl (C=O) groups is 1. The van der Waals surface area contributed by atoms with E-state index in [9.17, 15) is 13.6 Å². The largest absolute Gasteiger partial charge is 0.374 e. The third-order valence-corrected chi connectivity index (χ3v) is 2.31. The van der Waals surface area contributed by atoms with Crippen molar-refractivity contribution in [1.82, 2.24) is 5.32 Å². The average Bonchev–Trinajstić information content (AvgIpc) is 2.40. The first-order valence-corrected chi connectivity index (χ1v) is 5.73. The Bertz CT molecular complexity index is 432. The van der Waals surface area contributed by atoms with E-state index in [0.717, 1.165) is 0 Å². The van der Waals surface area contributed by atoms with Gasteiger partial charge < -0.3 is 10.1 Å². The van der Waals surface area contributed by atoms with Crippen LogP contribution in [0.15, 0.2) is 30.3 Å². The number of amides is 1. The van der Waals surface area contributed by atoms with E-state index in [2.05, 4.69) is 10.1 Å². The van der Waals surface area contributed by atoms with Gasteiger partial charge in [-0.3, -0.25) is 4.79 Å². The Balaban J connectivity index is 2.38. The van der Waals surface area contributed by atoms with Crippen LogP contribution in [0.2, 0.25) is 0 Å². The van der Waals surface area contributed by atoms with Gasteiger partial charge >= 0.3 is 0 Å². The van der Waals surface area contributed by atoms with Gasteiger partial charge in [-0.2, -0.15) is 5.26 Å². The highest BCUT2D eigenvalue weighted by molar-refractivity contribution is 5.86. The fourth-order valence-corrected chi connectivity index (χ4v) is 1.45. The normalized spacial score (nSPS) is 11.9. The molecule has 0 aliphatic rings. The number of halogens is 2. The van der Waals surface area contributed by atoms with Crippen molar-refractivity contribution >= 4 is 5.91 Å². The fraction of sp³-hybridized carbons (Fsp3) is 0.385. The van der Waals surface area contributed by atoms with Gasteiger partial charge in [0, 0.05) is 6.54 Å². The predicted octanol–water partition coefficient (Wildman–Crippen LogP) is 1.69. The second-order valence-corrected chi connectivity index (χ2v) is 3.73. The van der Waals surface area contributed by atoms with Gasteiger partial charge in [0.25, 0.3) is 6.43 Å². The molecule has 0 aromatic heterocycles. The Kier molecular flexibility index (Phi) is 6.47.